The lowest BCUT2D eigenvalue weighted by molar-refractivity contribution is 0.0951. The van der Waals surface area contributed by atoms with E-state index in [9.17, 15) is 4.79 Å². The van der Waals surface area contributed by atoms with Crippen LogP contribution in [0, 0.1) is 0 Å². The first-order valence-corrected chi connectivity index (χ1v) is 7.58. The van der Waals surface area contributed by atoms with Crippen molar-refractivity contribution in [3.8, 4) is 22.9 Å². The molecule has 0 spiro atoms. The van der Waals surface area contributed by atoms with Gasteiger partial charge < -0.3 is 19.8 Å². The third kappa shape index (κ3) is 2.30. The number of imidazole rings is 1. The van der Waals surface area contributed by atoms with E-state index in [0.29, 0.717) is 31.3 Å². The average Bonchev–Trinajstić information content (AvgIpc) is 2.71. The van der Waals surface area contributed by atoms with Gasteiger partial charge in [0, 0.05) is 24.2 Å². The number of ether oxygens (including phenoxy) is 2. The van der Waals surface area contributed by atoms with Crippen molar-refractivity contribution < 1.29 is 14.3 Å². The zero-order valence-corrected chi connectivity index (χ0v) is 12.1. The highest BCUT2D eigenvalue weighted by Crippen LogP contribution is 2.33. The summed E-state index contributed by atoms with van der Waals surface area (Å²) in [5.74, 6) is 2.07. The van der Waals surface area contributed by atoms with Gasteiger partial charge in [-0.15, -0.1) is 0 Å². The summed E-state index contributed by atoms with van der Waals surface area (Å²) < 4.78 is 11.3. The Kier molecular flexibility index (Phi) is 3.21. The van der Waals surface area contributed by atoms with Gasteiger partial charge in [-0.1, -0.05) is 0 Å². The number of hydrogen-bond donors (Lipinski definition) is 2. The number of amides is 1. The standard InChI is InChI=1S/C16H17N3O3/c20-16-14-11(3-1-6-17-16)18-15(19-14)10-4-5-12-13(9-10)22-8-2-7-21-12/h4-5,9H,1-3,6-8H2,(H,17,20)(H,18,19). The highest BCUT2D eigenvalue weighted by atomic mass is 16.5. The fourth-order valence-corrected chi connectivity index (χ4v) is 2.78. The minimum Gasteiger partial charge on any atom is -0.490 e. The maximum Gasteiger partial charge on any atom is 0.271 e. The van der Waals surface area contributed by atoms with Gasteiger partial charge in [0.2, 0.25) is 0 Å². The van der Waals surface area contributed by atoms with Crippen LogP contribution in [0.2, 0.25) is 0 Å². The molecule has 0 unspecified atom stereocenters. The number of benzene rings is 1. The zero-order chi connectivity index (χ0) is 14.9. The summed E-state index contributed by atoms with van der Waals surface area (Å²) in [6.07, 6.45) is 2.62. The van der Waals surface area contributed by atoms with Gasteiger partial charge in [0.15, 0.2) is 11.5 Å². The summed E-state index contributed by atoms with van der Waals surface area (Å²) in [7, 11) is 0. The number of carbonyl (C=O) groups excluding carboxylic acids is 1. The van der Waals surface area contributed by atoms with Crippen LogP contribution in [0.25, 0.3) is 11.4 Å². The van der Waals surface area contributed by atoms with Gasteiger partial charge in [0.1, 0.15) is 11.5 Å². The first kappa shape index (κ1) is 13.2. The summed E-state index contributed by atoms with van der Waals surface area (Å²) in [6.45, 7) is 2.01. The Morgan fingerprint density at radius 3 is 2.86 bits per heavy atom. The lowest BCUT2D eigenvalue weighted by atomic mass is 10.2. The van der Waals surface area contributed by atoms with Crippen LogP contribution in [0.3, 0.4) is 0 Å². The van der Waals surface area contributed by atoms with Gasteiger partial charge in [-0.3, -0.25) is 4.79 Å². The van der Waals surface area contributed by atoms with Crippen LogP contribution in [0.5, 0.6) is 11.5 Å². The summed E-state index contributed by atoms with van der Waals surface area (Å²) in [6, 6.07) is 5.74. The van der Waals surface area contributed by atoms with Crippen molar-refractivity contribution in [2.75, 3.05) is 19.8 Å². The Morgan fingerprint density at radius 1 is 1.09 bits per heavy atom. The summed E-state index contributed by atoms with van der Waals surface area (Å²) in [4.78, 5) is 19.7. The molecule has 0 atom stereocenters. The van der Waals surface area contributed by atoms with Crippen molar-refractivity contribution in [2.45, 2.75) is 19.3 Å². The molecular formula is C16H17N3O3. The number of nitrogens with zero attached hydrogens (tertiary/aromatic N) is 1. The van der Waals surface area contributed by atoms with E-state index in [0.717, 1.165) is 42.0 Å². The van der Waals surface area contributed by atoms with E-state index in [1.54, 1.807) is 0 Å². The Hall–Kier alpha value is -2.50. The normalized spacial score (nSPS) is 17.2. The van der Waals surface area contributed by atoms with Crippen LogP contribution >= 0.6 is 0 Å². The van der Waals surface area contributed by atoms with E-state index in [1.807, 2.05) is 18.2 Å². The second kappa shape index (κ2) is 5.36. The first-order valence-electron chi connectivity index (χ1n) is 7.58. The van der Waals surface area contributed by atoms with E-state index < -0.39 is 0 Å². The fourth-order valence-electron chi connectivity index (χ4n) is 2.78. The van der Waals surface area contributed by atoms with Gasteiger partial charge in [-0.05, 0) is 31.0 Å². The number of hydrogen-bond acceptors (Lipinski definition) is 4. The van der Waals surface area contributed by atoms with E-state index in [1.165, 1.54) is 0 Å². The number of aromatic amines is 1. The van der Waals surface area contributed by atoms with Gasteiger partial charge in [0.25, 0.3) is 5.91 Å². The highest BCUT2D eigenvalue weighted by Gasteiger charge is 2.21. The number of H-pyrrole nitrogens is 1. The molecule has 2 aromatic rings. The van der Waals surface area contributed by atoms with Gasteiger partial charge in [0.05, 0.1) is 13.2 Å². The largest absolute Gasteiger partial charge is 0.490 e. The van der Waals surface area contributed by atoms with Gasteiger partial charge in [-0.25, -0.2) is 4.98 Å². The second-order valence-corrected chi connectivity index (χ2v) is 5.48. The smallest absolute Gasteiger partial charge is 0.271 e. The number of fused-ring (bicyclic) bond motifs is 2. The predicted octanol–water partition coefficient (Wildman–Crippen LogP) is 1.91. The van der Waals surface area contributed by atoms with Crippen LogP contribution in [0.15, 0.2) is 18.2 Å². The van der Waals surface area contributed by atoms with E-state index in [4.69, 9.17) is 9.47 Å². The van der Waals surface area contributed by atoms with E-state index in [-0.39, 0.29) is 5.91 Å². The molecule has 0 saturated heterocycles. The van der Waals surface area contributed by atoms with Crippen molar-refractivity contribution in [1.82, 2.24) is 15.3 Å². The molecule has 0 radical (unpaired) electrons. The maximum absolute atomic E-state index is 12.0. The molecule has 0 fully saturated rings. The maximum atomic E-state index is 12.0. The molecule has 0 saturated carbocycles. The molecule has 2 N–H and O–H groups in total. The van der Waals surface area contributed by atoms with Gasteiger partial charge >= 0.3 is 0 Å². The molecule has 3 heterocycles. The lowest BCUT2D eigenvalue weighted by Crippen LogP contribution is -2.23. The van der Waals surface area contributed by atoms with Crippen molar-refractivity contribution >= 4 is 5.91 Å². The average molecular weight is 299 g/mol. The fraction of sp³-hybridized carbons (Fsp3) is 0.375. The van der Waals surface area contributed by atoms with Crippen LogP contribution in [-0.4, -0.2) is 35.6 Å². The third-order valence-electron chi connectivity index (χ3n) is 3.90. The molecule has 6 nitrogen and oxygen atoms in total. The molecular weight excluding hydrogens is 282 g/mol. The van der Waals surface area contributed by atoms with Crippen molar-refractivity contribution in [2.24, 2.45) is 0 Å². The van der Waals surface area contributed by atoms with Crippen molar-refractivity contribution in [3.63, 3.8) is 0 Å². The Morgan fingerprint density at radius 2 is 1.95 bits per heavy atom. The van der Waals surface area contributed by atoms with Crippen LogP contribution in [0.4, 0.5) is 0 Å². The Bertz CT molecular complexity index is 723. The molecule has 1 aromatic heterocycles. The molecule has 6 heteroatoms. The van der Waals surface area contributed by atoms with Crippen molar-refractivity contribution in [1.29, 1.82) is 0 Å². The Balaban J connectivity index is 1.72. The van der Waals surface area contributed by atoms with Crippen molar-refractivity contribution in [3.05, 3.63) is 29.6 Å². The molecule has 114 valence electrons. The number of aromatic nitrogens is 2. The molecule has 1 aromatic carbocycles. The zero-order valence-electron chi connectivity index (χ0n) is 12.1. The number of rotatable bonds is 1. The topological polar surface area (TPSA) is 76.2 Å². The number of aryl methyl sites for hydroxylation is 1. The number of nitrogens with one attached hydrogen (secondary N) is 2. The first-order chi connectivity index (χ1) is 10.8. The highest BCUT2D eigenvalue weighted by molar-refractivity contribution is 5.94. The van der Waals surface area contributed by atoms with E-state index >= 15 is 0 Å². The molecule has 0 bridgehead atoms. The monoisotopic (exact) mass is 299 g/mol. The van der Waals surface area contributed by atoms with Crippen LogP contribution in [-0.2, 0) is 6.42 Å². The quantitative estimate of drug-likeness (QED) is 0.843. The summed E-state index contributed by atoms with van der Waals surface area (Å²) in [5, 5.41) is 2.86. The lowest BCUT2D eigenvalue weighted by Gasteiger charge is -2.08. The second-order valence-electron chi connectivity index (χ2n) is 5.48. The summed E-state index contributed by atoms with van der Waals surface area (Å²) in [5.41, 5.74) is 2.29. The minimum atomic E-state index is -0.107. The molecule has 0 aliphatic carbocycles. The molecule has 2 aliphatic heterocycles. The Labute approximate surface area is 127 Å². The molecule has 2 aliphatic rings. The molecule has 4 rings (SSSR count). The third-order valence-corrected chi connectivity index (χ3v) is 3.90. The molecule has 1 amide bonds. The van der Waals surface area contributed by atoms with Gasteiger partial charge in [-0.2, -0.15) is 0 Å². The molecule has 22 heavy (non-hydrogen) atoms. The van der Waals surface area contributed by atoms with Crippen LogP contribution < -0.4 is 14.8 Å². The predicted molar refractivity (Wildman–Crippen MR) is 80.3 cm³/mol. The minimum absolute atomic E-state index is 0.107. The summed E-state index contributed by atoms with van der Waals surface area (Å²) >= 11 is 0. The van der Waals surface area contributed by atoms with Crippen LogP contribution in [0.1, 0.15) is 29.0 Å². The SMILES string of the molecule is O=C1NCCCc2[nH]c(-c3ccc4c(c3)OCCCO4)nc21. The van der Waals surface area contributed by atoms with E-state index in [2.05, 4.69) is 15.3 Å². The number of carbonyl (C=O) groups is 1.